The Hall–Kier alpha value is -2.85. The van der Waals surface area contributed by atoms with E-state index >= 15 is 0 Å². The average molecular weight is 372 g/mol. The van der Waals surface area contributed by atoms with Gasteiger partial charge < -0.3 is 0 Å². The van der Waals surface area contributed by atoms with Crippen molar-refractivity contribution in [2.75, 3.05) is 4.72 Å². The quantitative estimate of drug-likeness (QED) is 0.590. The Morgan fingerprint density at radius 3 is 2.84 bits per heavy atom. The van der Waals surface area contributed by atoms with E-state index in [0.717, 1.165) is 15.2 Å². The monoisotopic (exact) mass is 372 g/mol. The fourth-order valence-electron chi connectivity index (χ4n) is 2.39. The molecule has 0 aliphatic rings. The van der Waals surface area contributed by atoms with Crippen LogP contribution in [0.3, 0.4) is 0 Å². The van der Waals surface area contributed by atoms with Crippen LogP contribution in [0.15, 0.2) is 53.7 Å². The van der Waals surface area contributed by atoms with Crippen molar-refractivity contribution in [3.63, 3.8) is 0 Å². The van der Waals surface area contributed by atoms with E-state index in [9.17, 15) is 8.42 Å². The number of hydrogen-bond donors (Lipinski definition) is 1. The molecule has 25 heavy (non-hydrogen) atoms. The highest BCUT2D eigenvalue weighted by atomic mass is 32.2. The van der Waals surface area contributed by atoms with Crippen molar-refractivity contribution in [3.05, 3.63) is 53.8 Å². The van der Waals surface area contributed by atoms with E-state index in [2.05, 4.69) is 25.2 Å². The van der Waals surface area contributed by atoms with Crippen LogP contribution in [0.5, 0.6) is 0 Å². The summed E-state index contributed by atoms with van der Waals surface area (Å²) in [5, 5.41) is 11.8. The van der Waals surface area contributed by atoms with Gasteiger partial charge in [-0.25, -0.2) is 18.1 Å². The van der Waals surface area contributed by atoms with Crippen LogP contribution in [0.25, 0.3) is 15.9 Å². The number of benzene rings is 2. The van der Waals surface area contributed by atoms with Gasteiger partial charge in [-0.3, -0.25) is 4.72 Å². The first-order chi connectivity index (χ1) is 12.0. The molecular formula is C15H12N6O2S2. The third-order valence-electron chi connectivity index (χ3n) is 3.49. The molecule has 2 heterocycles. The summed E-state index contributed by atoms with van der Waals surface area (Å²) in [6.07, 6.45) is 1.40. The van der Waals surface area contributed by atoms with Crippen LogP contribution in [0.4, 0.5) is 5.69 Å². The molecule has 2 aromatic heterocycles. The number of nitrogens with one attached hydrogen (secondary N) is 1. The zero-order valence-electron chi connectivity index (χ0n) is 13.0. The minimum Gasteiger partial charge on any atom is -0.280 e. The number of fused-ring (bicyclic) bond motifs is 1. The number of aromatic nitrogens is 5. The van der Waals surface area contributed by atoms with Crippen molar-refractivity contribution in [1.29, 1.82) is 0 Å². The number of hydrogen-bond acceptors (Lipinski definition) is 7. The molecule has 8 nitrogen and oxygen atoms in total. The SMILES string of the molecule is Cc1nc2ccc(NS(=O)(=O)c3cccc(-n4cnnn4)c3)cc2s1. The number of sulfonamides is 1. The number of rotatable bonds is 4. The van der Waals surface area contributed by atoms with Gasteiger partial charge in [0.2, 0.25) is 0 Å². The second-order valence-corrected chi connectivity index (χ2v) is 8.19. The second kappa shape index (κ2) is 5.90. The molecular weight excluding hydrogens is 360 g/mol. The van der Waals surface area contributed by atoms with Crippen molar-refractivity contribution >= 4 is 37.3 Å². The van der Waals surface area contributed by atoms with Crippen molar-refractivity contribution < 1.29 is 8.42 Å². The Kier molecular flexibility index (Phi) is 3.70. The van der Waals surface area contributed by atoms with Crippen molar-refractivity contribution in [3.8, 4) is 5.69 Å². The fraction of sp³-hybridized carbons (Fsp3) is 0.0667. The number of anilines is 1. The van der Waals surface area contributed by atoms with E-state index in [1.54, 1.807) is 30.3 Å². The van der Waals surface area contributed by atoms with E-state index in [1.165, 1.54) is 34.5 Å². The maximum Gasteiger partial charge on any atom is 0.261 e. The minimum atomic E-state index is -3.74. The summed E-state index contributed by atoms with van der Waals surface area (Å²) in [6, 6.07) is 11.7. The third-order valence-corrected chi connectivity index (χ3v) is 5.80. The van der Waals surface area contributed by atoms with Gasteiger partial charge in [0, 0.05) is 0 Å². The summed E-state index contributed by atoms with van der Waals surface area (Å²) in [6.45, 7) is 1.92. The van der Waals surface area contributed by atoms with Crippen LogP contribution >= 0.6 is 11.3 Å². The molecule has 4 rings (SSSR count). The van der Waals surface area contributed by atoms with E-state index in [1.807, 2.05) is 6.92 Å². The first-order valence-corrected chi connectivity index (χ1v) is 9.55. The van der Waals surface area contributed by atoms with Gasteiger partial charge in [-0.2, -0.15) is 0 Å². The van der Waals surface area contributed by atoms with Gasteiger partial charge in [-0.05, 0) is 53.7 Å². The van der Waals surface area contributed by atoms with Crippen molar-refractivity contribution in [2.45, 2.75) is 11.8 Å². The molecule has 126 valence electrons. The van der Waals surface area contributed by atoms with Gasteiger partial charge in [0.1, 0.15) is 6.33 Å². The van der Waals surface area contributed by atoms with E-state index in [-0.39, 0.29) is 4.90 Å². The summed E-state index contributed by atoms with van der Waals surface area (Å²) in [4.78, 5) is 4.49. The van der Waals surface area contributed by atoms with Gasteiger partial charge in [-0.1, -0.05) is 6.07 Å². The Balaban J connectivity index is 1.68. The number of aryl methyl sites for hydroxylation is 1. The molecule has 0 saturated carbocycles. The van der Waals surface area contributed by atoms with Crippen molar-refractivity contribution in [2.24, 2.45) is 0 Å². The maximum atomic E-state index is 12.7. The molecule has 10 heteroatoms. The van der Waals surface area contributed by atoms with Crippen LogP contribution in [0.2, 0.25) is 0 Å². The molecule has 4 aromatic rings. The first kappa shape index (κ1) is 15.7. The first-order valence-electron chi connectivity index (χ1n) is 7.25. The van der Waals surface area contributed by atoms with Gasteiger partial charge in [0.15, 0.2) is 0 Å². The van der Waals surface area contributed by atoms with Crippen LogP contribution in [0, 0.1) is 6.92 Å². The zero-order valence-corrected chi connectivity index (χ0v) is 14.6. The predicted octanol–water partition coefficient (Wildman–Crippen LogP) is 2.38. The van der Waals surface area contributed by atoms with Crippen LogP contribution in [0.1, 0.15) is 5.01 Å². The lowest BCUT2D eigenvalue weighted by Gasteiger charge is -2.09. The standard InChI is InChI=1S/C15H12N6O2S2/c1-10-17-14-6-5-11(7-15(14)24-10)18-25(22,23)13-4-2-3-12(8-13)21-9-16-19-20-21/h2-9,18H,1H3. The Labute approximate surface area is 147 Å². The molecule has 0 saturated heterocycles. The van der Waals surface area contributed by atoms with E-state index in [4.69, 9.17) is 0 Å². The lowest BCUT2D eigenvalue weighted by atomic mass is 10.3. The fourth-order valence-corrected chi connectivity index (χ4v) is 4.35. The molecule has 0 amide bonds. The van der Waals surface area contributed by atoms with Crippen LogP contribution in [-0.2, 0) is 10.0 Å². The second-order valence-electron chi connectivity index (χ2n) is 5.27. The Morgan fingerprint density at radius 1 is 1.16 bits per heavy atom. The normalized spacial score (nSPS) is 11.7. The number of nitrogens with zero attached hydrogens (tertiary/aromatic N) is 5. The van der Waals surface area contributed by atoms with Crippen molar-refractivity contribution in [1.82, 2.24) is 25.2 Å². The highest BCUT2D eigenvalue weighted by Crippen LogP contribution is 2.26. The van der Waals surface area contributed by atoms with E-state index in [0.29, 0.717) is 11.4 Å². The Bertz CT molecular complexity index is 1150. The largest absolute Gasteiger partial charge is 0.280 e. The molecule has 0 unspecified atom stereocenters. The van der Waals surface area contributed by atoms with Gasteiger partial charge in [-0.15, -0.1) is 16.4 Å². The summed E-state index contributed by atoms with van der Waals surface area (Å²) < 4.78 is 30.3. The summed E-state index contributed by atoms with van der Waals surface area (Å²) in [5.74, 6) is 0. The zero-order chi connectivity index (χ0) is 17.4. The molecule has 0 bridgehead atoms. The molecule has 0 aliphatic carbocycles. The number of thiazole rings is 1. The smallest absolute Gasteiger partial charge is 0.261 e. The highest BCUT2D eigenvalue weighted by molar-refractivity contribution is 7.92. The summed E-state index contributed by atoms with van der Waals surface area (Å²) in [5.41, 5.74) is 1.90. The lowest BCUT2D eigenvalue weighted by molar-refractivity contribution is 0.601. The molecule has 0 aliphatic heterocycles. The number of tetrazole rings is 1. The minimum absolute atomic E-state index is 0.126. The molecule has 0 fully saturated rings. The molecule has 2 aromatic carbocycles. The lowest BCUT2D eigenvalue weighted by Crippen LogP contribution is -2.13. The van der Waals surface area contributed by atoms with Gasteiger partial charge >= 0.3 is 0 Å². The Morgan fingerprint density at radius 2 is 2.04 bits per heavy atom. The molecule has 1 N–H and O–H groups in total. The van der Waals surface area contributed by atoms with Gasteiger partial charge in [0.25, 0.3) is 10.0 Å². The highest BCUT2D eigenvalue weighted by Gasteiger charge is 2.16. The van der Waals surface area contributed by atoms with Gasteiger partial charge in [0.05, 0.1) is 31.5 Å². The molecule has 0 atom stereocenters. The maximum absolute atomic E-state index is 12.7. The van der Waals surface area contributed by atoms with Crippen LogP contribution in [-0.4, -0.2) is 33.6 Å². The summed E-state index contributed by atoms with van der Waals surface area (Å²) >= 11 is 1.52. The molecule has 0 radical (unpaired) electrons. The predicted molar refractivity (Wildman–Crippen MR) is 94.3 cm³/mol. The molecule has 0 spiro atoms. The third kappa shape index (κ3) is 3.08. The average Bonchev–Trinajstić information content (AvgIpc) is 3.23. The topological polar surface area (TPSA) is 103 Å². The van der Waals surface area contributed by atoms with E-state index < -0.39 is 10.0 Å². The van der Waals surface area contributed by atoms with Crippen LogP contribution < -0.4 is 4.72 Å². The summed E-state index contributed by atoms with van der Waals surface area (Å²) in [7, 11) is -3.74.